The topological polar surface area (TPSA) is 120 Å². The second kappa shape index (κ2) is 8.80. The Kier molecular flexibility index (Phi) is 5.65. The Hall–Kier alpha value is -4.31. The molecule has 0 atom stereocenters. The van der Waals surface area contributed by atoms with Gasteiger partial charge >= 0.3 is 5.97 Å². The molecule has 1 aliphatic heterocycles. The number of hydrogen-bond acceptors (Lipinski definition) is 7. The van der Waals surface area contributed by atoms with Crippen molar-refractivity contribution in [3.63, 3.8) is 0 Å². The van der Waals surface area contributed by atoms with Crippen molar-refractivity contribution >= 4 is 27.4 Å². The zero-order valence-corrected chi connectivity index (χ0v) is 19.5. The Morgan fingerprint density at radius 2 is 1.91 bits per heavy atom. The van der Waals surface area contributed by atoms with Crippen LogP contribution < -0.4 is 5.32 Å². The lowest BCUT2D eigenvalue weighted by Gasteiger charge is -2.19. The molecule has 1 N–H and O–H groups in total. The van der Waals surface area contributed by atoms with Crippen molar-refractivity contribution in [2.45, 2.75) is 17.6 Å². The number of nitrogens with one attached hydrogen (secondary N) is 1. The number of benzene rings is 2. The zero-order valence-electron chi connectivity index (χ0n) is 18.6. The van der Waals surface area contributed by atoms with Gasteiger partial charge in [-0.3, -0.25) is 9.78 Å². The summed E-state index contributed by atoms with van der Waals surface area (Å²) in [5.74, 6) is -1.44. The van der Waals surface area contributed by atoms with Crippen LogP contribution in [0.15, 0.2) is 78.0 Å². The third-order valence-electron chi connectivity index (χ3n) is 5.54. The maximum atomic E-state index is 13.0. The second-order valence-corrected chi connectivity index (χ2v) is 9.77. The van der Waals surface area contributed by atoms with Crippen LogP contribution in [0.25, 0.3) is 16.9 Å². The quantitative estimate of drug-likeness (QED) is 0.426. The number of sulfone groups is 1. The smallest absolute Gasteiger partial charge is 0.359 e. The van der Waals surface area contributed by atoms with Crippen molar-refractivity contribution in [2.24, 2.45) is 0 Å². The summed E-state index contributed by atoms with van der Waals surface area (Å²) in [4.78, 5) is 29.7. The third kappa shape index (κ3) is 4.08. The lowest BCUT2D eigenvalue weighted by Crippen LogP contribution is -2.16. The van der Waals surface area contributed by atoms with Crippen LogP contribution in [0.4, 0.5) is 5.69 Å². The normalized spacial score (nSPS) is 13.4. The predicted molar refractivity (Wildman–Crippen MR) is 128 cm³/mol. The highest BCUT2D eigenvalue weighted by Crippen LogP contribution is 2.40. The van der Waals surface area contributed by atoms with E-state index in [1.165, 1.54) is 16.9 Å². The fourth-order valence-corrected chi connectivity index (χ4v) is 5.63. The molecule has 176 valence electrons. The van der Waals surface area contributed by atoms with E-state index in [9.17, 15) is 18.0 Å². The minimum atomic E-state index is -3.68. The average molecular weight is 489 g/mol. The summed E-state index contributed by atoms with van der Waals surface area (Å²) in [5.41, 5.74) is 2.50. The number of rotatable bonds is 5. The van der Waals surface area contributed by atoms with Crippen molar-refractivity contribution in [3.8, 4) is 16.9 Å². The number of carbonyl (C=O) groups is 2. The number of nitrogens with zero attached hydrogens (tertiary/aromatic N) is 3. The van der Waals surface area contributed by atoms with Crippen molar-refractivity contribution in [3.05, 3.63) is 89.9 Å². The van der Waals surface area contributed by atoms with Crippen LogP contribution in [-0.4, -0.2) is 41.7 Å². The van der Waals surface area contributed by atoms with E-state index in [0.717, 1.165) is 0 Å². The SMILES string of the molecule is CCOC(=O)c1nn(-c2cccc(C(=O)Nc3cccnc3)c2)c2c1CS(=O)(=O)c1ccccc1-2. The minimum Gasteiger partial charge on any atom is -0.461 e. The van der Waals surface area contributed by atoms with Gasteiger partial charge in [-0.2, -0.15) is 5.10 Å². The highest BCUT2D eigenvalue weighted by molar-refractivity contribution is 7.90. The van der Waals surface area contributed by atoms with Crippen LogP contribution in [0.5, 0.6) is 0 Å². The van der Waals surface area contributed by atoms with E-state index in [1.54, 1.807) is 67.7 Å². The molecular formula is C25H20N4O5S. The first kappa shape index (κ1) is 22.5. The largest absolute Gasteiger partial charge is 0.461 e. The average Bonchev–Trinajstić information content (AvgIpc) is 3.24. The van der Waals surface area contributed by atoms with Gasteiger partial charge in [0.15, 0.2) is 15.5 Å². The van der Waals surface area contributed by atoms with Crippen molar-refractivity contribution in [1.82, 2.24) is 14.8 Å². The van der Waals surface area contributed by atoms with E-state index in [0.29, 0.717) is 28.2 Å². The molecule has 9 nitrogen and oxygen atoms in total. The first-order valence-corrected chi connectivity index (χ1v) is 12.5. The predicted octanol–water partition coefficient (Wildman–Crippen LogP) is 3.65. The Balaban J connectivity index is 1.65. The summed E-state index contributed by atoms with van der Waals surface area (Å²) < 4.78 is 32.6. The van der Waals surface area contributed by atoms with Crippen LogP contribution >= 0.6 is 0 Å². The standard InChI is InChI=1S/C25H20N4O5S/c1-2-34-25(31)22-20-15-35(32,33)21-11-4-3-10-19(21)23(20)29(28-22)18-9-5-7-16(13-18)24(30)27-17-8-6-12-26-14-17/h3-14H,2,15H2,1H3,(H,27,30). The minimum absolute atomic E-state index is 0.0647. The molecule has 4 aromatic rings. The molecule has 0 radical (unpaired) electrons. The molecule has 0 saturated carbocycles. The van der Waals surface area contributed by atoms with Gasteiger partial charge < -0.3 is 10.1 Å². The highest BCUT2D eigenvalue weighted by Gasteiger charge is 2.36. The molecule has 10 heteroatoms. The fourth-order valence-electron chi connectivity index (χ4n) is 4.03. The summed E-state index contributed by atoms with van der Waals surface area (Å²) in [6, 6.07) is 16.7. The number of fused-ring (bicyclic) bond motifs is 3. The lowest BCUT2D eigenvalue weighted by molar-refractivity contribution is 0.0518. The molecule has 2 aromatic carbocycles. The Bertz CT molecular complexity index is 1560. The number of aromatic nitrogens is 3. The monoisotopic (exact) mass is 488 g/mol. The summed E-state index contributed by atoms with van der Waals surface area (Å²) in [7, 11) is -3.68. The number of esters is 1. The van der Waals surface area contributed by atoms with Crippen LogP contribution in [-0.2, 0) is 20.3 Å². The number of carbonyl (C=O) groups excluding carboxylic acids is 2. The number of ether oxygens (including phenoxy) is 1. The maximum absolute atomic E-state index is 13.0. The number of amides is 1. The van der Waals surface area contributed by atoms with Crippen LogP contribution in [0, 0.1) is 0 Å². The second-order valence-electron chi connectivity index (χ2n) is 7.81. The Labute approximate surface area is 201 Å². The molecule has 0 aliphatic carbocycles. The van der Waals surface area contributed by atoms with Gasteiger partial charge in [-0.15, -0.1) is 0 Å². The molecule has 1 aliphatic rings. The number of hydrogen-bond donors (Lipinski definition) is 1. The van der Waals surface area contributed by atoms with Crippen molar-refractivity contribution in [1.29, 1.82) is 0 Å². The first-order chi connectivity index (χ1) is 16.9. The summed E-state index contributed by atoms with van der Waals surface area (Å²) >= 11 is 0. The van der Waals surface area contributed by atoms with Crippen LogP contribution in [0.1, 0.15) is 33.3 Å². The molecule has 5 rings (SSSR count). The van der Waals surface area contributed by atoms with E-state index in [2.05, 4.69) is 15.4 Å². The zero-order chi connectivity index (χ0) is 24.6. The summed E-state index contributed by atoms with van der Waals surface area (Å²) in [5, 5.41) is 7.25. The molecule has 1 amide bonds. The van der Waals surface area contributed by atoms with Crippen LogP contribution in [0.2, 0.25) is 0 Å². The van der Waals surface area contributed by atoms with Crippen molar-refractivity contribution in [2.75, 3.05) is 11.9 Å². The van der Waals surface area contributed by atoms with Gasteiger partial charge in [0.05, 0.1) is 40.5 Å². The molecule has 3 heterocycles. The third-order valence-corrected chi connectivity index (χ3v) is 7.23. The van der Waals surface area contributed by atoms with Gasteiger partial charge in [0.2, 0.25) is 0 Å². The molecule has 0 spiro atoms. The molecular weight excluding hydrogens is 468 g/mol. The molecule has 0 fully saturated rings. The number of pyridine rings is 1. The van der Waals surface area contributed by atoms with Gasteiger partial charge in [-0.25, -0.2) is 17.9 Å². The highest BCUT2D eigenvalue weighted by atomic mass is 32.2. The van der Waals surface area contributed by atoms with Gasteiger partial charge in [-0.05, 0) is 43.3 Å². The molecule has 0 bridgehead atoms. The maximum Gasteiger partial charge on any atom is 0.359 e. The van der Waals surface area contributed by atoms with E-state index < -0.39 is 15.8 Å². The Morgan fingerprint density at radius 1 is 1.09 bits per heavy atom. The van der Waals surface area contributed by atoms with E-state index in [4.69, 9.17) is 4.74 Å². The van der Waals surface area contributed by atoms with Crippen molar-refractivity contribution < 1.29 is 22.7 Å². The Morgan fingerprint density at radius 3 is 2.69 bits per heavy atom. The van der Waals surface area contributed by atoms with E-state index in [1.807, 2.05) is 0 Å². The van der Waals surface area contributed by atoms with Gasteiger partial charge in [0, 0.05) is 22.9 Å². The van der Waals surface area contributed by atoms with Gasteiger partial charge in [0.25, 0.3) is 5.91 Å². The molecule has 2 aromatic heterocycles. The molecule has 0 saturated heterocycles. The molecule has 35 heavy (non-hydrogen) atoms. The van der Waals surface area contributed by atoms with Gasteiger partial charge in [0.1, 0.15) is 0 Å². The lowest BCUT2D eigenvalue weighted by atomic mass is 10.1. The van der Waals surface area contributed by atoms with Gasteiger partial charge in [-0.1, -0.05) is 24.3 Å². The first-order valence-electron chi connectivity index (χ1n) is 10.8. The summed E-state index contributed by atoms with van der Waals surface area (Å²) in [6.45, 7) is 1.78. The summed E-state index contributed by atoms with van der Waals surface area (Å²) in [6.07, 6.45) is 3.14. The number of anilines is 1. The fraction of sp³-hybridized carbons (Fsp3) is 0.120. The van der Waals surface area contributed by atoms with E-state index in [-0.39, 0.29) is 34.4 Å². The van der Waals surface area contributed by atoms with E-state index >= 15 is 0 Å². The molecule has 0 unspecified atom stereocenters. The van der Waals surface area contributed by atoms with Crippen LogP contribution in [0.3, 0.4) is 0 Å².